The number of hydrogen-bond donors (Lipinski definition) is 1. The van der Waals surface area contributed by atoms with Gasteiger partial charge in [0.1, 0.15) is 11.5 Å². The van der Waals surface area contributed by atoms with Gasteiger partial charge in [-0.3, -0.25) is 14.6 Å². The van der Waals surface area contributed by atoms with E-state index in [4.69, 9.17) is 4.74 Å². The van der Waals surface area contributed by atoms with Crippen molar-refractivity contribution in [2.24, 2.45) is 0 Å². The second-order valence-corrected chi connectivity index (χ2v) is 8.90. The Labute approximate surface area is 188 Å². The van der Waals surface area contributed by atoms with Crippen molar-refractivity contribution in [2.45, 2.75) is 64.0 Å². The molecule has 0 radical (unpaired) electrons. The second kappa shape index (κ2) is 9.15. The summed E-state index contributed by atoms with van der Waals surface area (Å²) in [6, 6.07) is 8.36. The number of hydrogen-bond acceptors (Lipinski definition) is 5. The molecule has 1 amide bonds. The van der Waals surface area contributed by atoms with Crippen molar-refractivity contribution < 1.29 is 19.4 Å². The Morgan fingerprint density at radius 2 is 1.91 bits per heavy atom. The lowest BCUT2D eigenvalue weighted by molar-refractivity contribution is -0.141. The average molecular weight is 435 g/mol. The van der Waals surface area contributed by atoms with Crippen LogP contribution in [0.3, 0.4) is 0 Å². The molecular weight excluding hydrogens is 404 g/mol. The summed E-state index contributed by atoms with van der Waals surface area (Å²) in [5.74, 6) is -0.437. The normalized spacial score (nSPS) is 21.4. The zero-order chi connectivity index (χ0) is 22.8. The van der Waals surface area contributed by atoms with Gasteiger partial charge in [-0.15, -0.1) is 0 Å². The number of rotatable bonds is 5. The monoisotopic (exact) mass is 434 g/mol. The van der Waals surface area contributed by atoms with Gasteiger partial charge in [-0.25, -0.2) is 0 Å². The van der Waals surface area contributed by atoms with Crippen molar-refractivity contribution in [3.05, 3.63) is 65.0 Å². The molecule has 2 heterocycles. The van der Waals surface area contributed by atoms with Crippen LogP contribution in [0, 0.1) is 0 Å². The first-order valence-corrected chi connectivity index (χ1v) is 11.3. The molecule has 1 aliphatic heterocycles. The Morgan fingerprint density at radius 3 is 2.53 bits per heavy atom. The predicted molar refractivity (Wildman–Crippen MR) is 122 cm³/mol. The molecule has 1 unspecified atom stereocenters. The van der Waals surface area contributed by atoms with Gasteiger partial charge in [0.25, 0.3) is 11.7 Å². The van der Waals surface area contributed by atoms with Crippen LogP contribution >= 0.6 is 0 Å². The minimum atomic E-state index is -0.642. The Hall–Kier alpha value is -3.15. The molecule has 168 valence electrons. The largest absolute Gasteiger partial charge is 0.507 e. The number of carbonyl (C=O) groups is 2. The molecule has 1 aromatic heterocycles. The highest BCUT2D eigenvalue weighted by Gasteiger charge is 2.49. The van der Waals surface area contributed by atoms with Crippen LogP contribution in [-0.4, -0.2) is 39.8 Å². The first-order chi connectivity index (χ1) is 15.4. The number of amides is 1. The third-order valence-corrected chi connectivity index (χ3v) is 6.57. The molecule has 1 atom stereocenters. The van der Waals surface area contributed by atoms with E-state index in [1.54, 1.807) is 42.6 Å². The number of nitrogens with zero attached hydrogens (tertiary/aromatic N) is 2. The van der Waals surface area contributed by atoms with Gasteiger partial charge >= 0.3 is 0 Å². The molecule has 6 heteroatoms. The van der Waals surface area contributed by atoms with Crippen molar-refractivity contribution in [3.63, 3.8) is 0 Å². The van der Waals surface area contributed by atoms with Gasteiger partial charge in [-0.05, 0) is 54.2 Å². The van der Waals surface area contributed by atoms with Gasteiger partial charge in [0.2, 0.25) is 0 Å². The van der Waals surface area contributed by atoms with Crippen LogP contribution in [-0.2, 0) is 9.59 Å². The molecule has 2 fully saturated rings. The molecule has 2 aromatic rings. The van der Waals surface area contributed by atoms with Crippen molar-refractivity contribution in [2.75, 3.05) is 7.11 Å². The summed E-state index contributed by atoms with van der Waals surface area (Å²) < 4.78 is 5.46. The summed E-state index contributed by atoms with van der Waals surface area (Å²) in [7, 11) is 1.61. The molecule has 6 nitrogen and oxygen atoms in total. The standard InChI is InChI=1S/C26H30N2O4/c1-16(2)20-14-17(11-12-21(20)32-3)24(29)22-23(18-8-7-13-27-15-18)28(26(31)25(22)30)19-9-5-4-6-10-19/h7-8,11-16,19,23,29H,4-6,9-10H2,1-3H3/b24-22-. The number of methoxy groups -OCH3 is 1. The molecule has 0 bridgehead atoms. The number of ketones is 1. The predicted octanol–water partition coefficient (Wildman–Crippen LogP) is 4.97. The molecule has 1 aliphatic carbocycles. The van der Waals surface area contributed by atoms with E-state index in [1.807, 2.05) is 26.0 Å². The lowest BCUT2D eigenvalue weighted by Gasteiger charge is -2.35. The van der Waals surface area contributed by atoms with E-state index in [1.165, 1.54) is 0 Å². The Kier molecular flexibility index (Phi) is 6.31. The highest BCUT2D eigenvalue weighted by Crippen LogP contribution is 2.43. The molecule has 1 saturated heterocycles. The highest BCUT2D eigenvalue weighted by atomic mass is 16.5. The zero-order valence-corrected chi connectivity index (χ0v) is 18.9. The van der Waals surface area contributed by atoms with Crippen LogP contribution in [0.5, 0.6) is 5.75 Å². The van der Waals surface area contributed by atoms with Gasteiger partial charge in [-0.2, -0.15) is 0 Å². The first kappa shape index (κ1) is 22.1. The van der Waals surface area contributed by atoms with Crippen LogP contribution in [0.1, 0.15) is 74.6 Å². The van der Waals surface area contributed by atoms with Crippen LogP contribution in [0.2, 0.25) is 0 Å². The Morgan fingerprint density at radius 1 is 1.16 bits per heavy atom. The van der Waals surface area contributed by atoms with Crippen LogP contribution in [0.15, 0.2) is 48.3 Å². The summed E-state index contributed by atoms with van der Waals surface area (Å²) in [6.07, 6.45) is 8.27. The molecule has 0 spiro atoms. The van der Waals surface area contributed by atoms with Crippen LogP contribution in [0.4, 0.5) is 0 Å². The SMILES string of the molecule is COc1ccc(/C(O)=C2/C(=O)C(=O)N(C3CCCCC3)C2c2cccnc2)cc1C(C)C. The smallest absolute Gasteiger partial charge is 0.295 e. The van der Waals surface area contributed by atoms with E-state index in [-0.39, 0.29) is 23.3 Å². The zero-order valence-electron chi connectivity index (χ0n) is 18.9. The maximum Gasteiger partial charge on any atom is 0.295 e. The van der Waals surface area contributed by atoms with E-state index in [0.29, 0.717) is 5.56 Å². The molecule has 2 aliphatic rings. The van der Waals surface area contributed by atoms with E-state index < -0.39 is 17.7 Å². The summed E-state index contributed by atoms with van der Waals surface area (Å²) in [6.45, 7) is 4.08. The molecule has 1 saturated carbocycles. The first-order valence-electron chi connectivity index (χ1n) is 11.3. The Bertz CT molecular complexity index is 1040. The number of aromatic nitrogens is 1. The number of ether oxygens (including phenoxy) is 1. The van der Waals surface area contributed by atoms with Crippen LogP contribution < -0.4 is 4.74 Å². The van der Waals surface area contributed by atoms with Gasteiger partial charge in [0.15, 0.2) is 0 Å². The second-order valence-electron chi connectivity index (χ2n) is 8.90. The lowest BCUT2D eigenvalue weighted by Crippen LogP contribution is -2.40. The van der Waals surface area contributed by atoms with E-state index >= 15 is 0 Å². The van der Waals surface area contributed by atoms with Gasteiger partial charge in [0, 0.05) is 24.0 Å². The fourth-order valence-corrected chi connectivity index (χ4v) is 4.94. The number of carbonyl (C=O) groups excluding carboxylic acids is 2. The molecule has 4 rings (SSSR count). The number of aliphatic hydroxyl groups excluding tert-OH is 1. The highest BCUT2D eigenvalue weighted by molar-refractivity contribution is 6.46. The average Bonchev–Trinajstić information content (AvgIpc) is 3.09. The lowest BCUT2D eigenvalue weighted by atomic mass is 9.91. The maximum atomic E-state index is 13.2. The molecule has 32 heavy (non-hydrogen) atoms. The molecule has 1 N–H and O–H groups in total. The molecular formula is C26H30N2O4. The summed E-state index contributed by atoms with van der Waals surface area (Å²) >= 11 is 0. The minimum absolute atomic E-state index is 0.0159. The van der Waals surface area contributed by atoms with Gasteiger partial charge < -0.3 is 14.7 Å². The fraction of sp³-hybridized carbons (Fsp3) is 0.423. The summed E-state index contributed by atoms with van der Waals surface area (Å²) in [4.78, 5) is 32.4. The van der Waals surface area contributed by atoms with Crippen molar-refractivity contribution in [3.8, 4) is 5.75 Å². The number of likely N-dealkylation sites (tertiary alicyclic amines) is 1. The quantitative estimate of drug-likeness (QED) is 0.408. The van der Waals surface area contributed by atoms with E-state index in [0.717, 1.165) is 49.0 Å². The molecule has 1 aromatic carbocycles. The van der Waals surface area contributed by atoms with E-state index in [2.05, 4.69) is 4.98 Å². The topological polar surface area (TPSA) is 79.7 Å². The summed E-state index contributed by atoms with van der Waals surface area (Å²) in [5, 5.41) is 11.3. The van der Waals surface area contributed by atoms with Gasteiger partial charge in [0.05, 0.1) is 18.7 Å². The van der Waals surface area contributed by atoms with E-state index in [9.17, 15) is 14.7 Å². The maximum absolute atomic E-state index is 13.2. The van der Waals surface area contributed by atoms with Crippen molar-refractivity contribution in [1.82, 2.24) is 9.88 Å². The summed E-state index contributed by atoms with van der Waals surface area (Å²) in [5.41, 5.74) is 2.30. The van der Waals surface area contributed by atoms with Crippen molar-refractivity contribution >= 4 is 17.4 Å². The van der Waals surface area contributed by atoms with Crippen LogP contribution in [0.25, 0.3) is 5.76 Å². The van der Waals surface area contributed by atoms with Gasteiger partial charge in [-0.1, -0.05) is 39.2 Å². The third-order valence-electron chi connectivity index (χ3n) is 6.57. The number of pyridine rings is 1. The number of aliphatic hydroxyl groups is 1. The van der Waals surface area contributed by atoms with Crippen molar-refractivity contribution in [1.29, 1.82) is 0 Å². The number of Topliss-reactive ketones (excluding diaryl/α,β-unsaturated/α-hetero) is 1. The minimum Gasteiger partial charge on any atom is -0.507 e. The third kappa shape index (κ3) is 3.90. The fourth-order valence-electron chi connectivity index (χ4n) is 4.94. The Balaban J connectivity index is 1.87. The number of benzene rings is 1.